The van der Waals surface area contributed by atoms with E-state index in [0.717, 1.165) is 19.2 Å². The smallest absolute Gasteiger partial charge is 0.0594 e. The maximum Gasteiger partial charge on any atom is 0.0594 e. The summed E-state index contributed by atoms with van der Waals surface area (Å²) in [7, 11) is 0. The molecule has 2 heteroatoms. The van der Waals surface area contributed by atoms with Crippen molar-refractivity contribution in [3.8, 4) is 0 Å². The van der Waals surface area contributed by atoms with Crippen LogP contribution in [0.2, 0.25) is 0 Å². The minimum absolute atomic E-state index is 0.544. The van der Waals surface area contributed by atoms with Gasteiger partial charge in [0.05, 0.1) is 12.7 Å². The van der Waals surface area contributed by atoms with Gasteiger partial charge in [0.25, 0.3) is 0 Å². The topological polar surface area (TPSA) is 21.3 Å². The van der Waals surface area contributed by atoms with Crippen molar-refractivity contribution in [1.29, 1.82) is 0 Å². The summed E-state index contributed by atoms with van der Waals surface area (Å²) in [6.07, 6.45) is 11.3. The molecule has 1 atom stereocenters. The molecular formula is C15H29NO. The second-order valence-corrected chi connectivity index (χ2v) is 6.69. The van der Waals surface area contributed by atoms with E-state index in [-0.39, 0.29) is 0 Å². The second kappa shape index (κ2) is 6.19. The summed E-state index contributed by atoms with van der Waals surface area (Å²) in [4.78, 5) is 0. The van der Waals surface area contributed by atoms with Gasteiger partial charge >= 0.3 is 0 Å². The van der Waals surface area contributed by atoms with Crippen molar-refractivity contribution >= 4 is 0 Å². The highest BCUT2D eigenvalue weighted by molar-refractivity contribution is 4.83. The minimum atomic E-state index is 0.544. The molecule has 0 radical (unpaired) electrons. The molecule has 2 aliphatic rings. The zero-order valence-corrected chi connectivity index (χ0v) is 11.6. The van der Waals surface area contributed by atoms with E-state index < -0.39 is 0 Å². The lowest BCUT2D eigenvalue weighted by atomic mass is 9.75. The van der Waals surface area contributed by atoms with Crippen LogP contribution in [0.3, 0.4) is 0 Å². The lowest BCUT2D eigenvalue weighted by Crippen LogP contribution is -2.39. The summed E-state index contributed by atoms with van der Waals surface area (Å²) in [5, 5.41) is 3.68. The van der Waals surface area contributed by atoms with E-state index in [1.54, 1.807) is 0 Å². The standard InChI is InChI=1S/C15H29NO/c1-15(2)9-5-6-13(12-15)16-10-11-17-14-7-3-4-8-14/h13-14,16H,3-12H2,1-2H3. The molecule has 0 amide bonds. The van der Waals surface area contributed by atoms with Crippen LogP contribution >= 0.6 is 0 Å². The fourth-order valence-corrected chi connectivity index (χ4v) is 3.42. The Balaban J connectivity index is 1.55. The molecule has 2 saturated carbocycles. The van der Waals surface area contributed by atoms with Gasteiger partial charge in [0.2, 0.25) is 0 Å². The molecule has 17 heavy (non-hydrogen) atoms. The first-order valence-corrected chi connectivity index (χ1v) is 7.51. The second-order valence-electron chi connectivity index (χ2n) is 6.69. The van der Waals surface area contributed by atoms with Crippen LogP contribution in [-0.4, -0.2) is 25.3 Å². The Morgan fingerprint density at radius 2 is 1.88 bits per heavy atom. The van der Waals surface area contributed by atoms with Crippen LogP contribution in [0.1, 0.15) is 65.2 Å². The van der Waals surface area contributed by atoms with Gasteiger partial charge in [0.1, 0.15) is 0 Å². The van der Waals surface area contributed by atoms with E-state index in [0.29, 0.717) is 11.5 Å². The maximum atomic E-state index is 5.88. The number of nitrogens with one attached hydrogen (secondary N) is 1. The van der Waals surface area contributed by atoms with E-state index in [1.807, 2.05) is 0 Å². The monoisotopic (exact) mass is 239 g/mol. The van der Waals surface area contributed by atoms with Gasteiger partial charge in [-0.15, -0.1) is 0 Å². The third-order valence-corrected chi connectivity index (χ3v) is 4.40. The summed E-state index contributed by atoms with van der Waals surface area (Å²) >= 11 is 0. The van der Waals surface area contributed by atoms with Gasteiger partial charge in [0.15, 0.2) is 0 Å². The zero-order valence-electron chi connectivity index (χ0n) is 11.6. The normalized spacial score (nSPS) is 29.6. The summed E-state index contributed by atoms with van der Waals surface area (Å²) < 4.78 is 5.88. The fraction of sp³-hybridized carbons (Fsp3) is 1.00. The molecule has 2 rings (SSSR count). The quantitative estimate of drug-likeness (QED) is 0.741. The average molecular weight is 239 g/mol. The third kappa shape index (κ3) is 4.59. The van der Waals surface area contributed by atoms with Gasteiger partial charge in [-0.3, -0.25) is 0 Å². The van der Waals surface area contributed by atoms with E-state index in [9.17, 15) is 0 Å². The number of rotatable bonds is 5. The summed E-state index contributed by atoms with van der Waals surface area (Å²) in [5.74, 6) is 0. The first kappa shape index (κ1) is 13.4. The molecule has 100 valence electrons. The van der Waals surface area contributed by atoms with E-state index in [4.69, 9.17) is 4.74 Å². The molecule has 1 unspecified atom stereocenters. The molecule has 0 aromatic heterocycles. The Bertz CT molecular complexity index is 221. The Morgan fingerprint density at radius 1 is 1.12 bits per heavy atom. The van der Waals surface area contributed by atoms with Crippen LogP contribution in [0.5, 0.6) is 0 Å². The lowest BCUT2D eigenvalue weighted by molar-refractivity contribution is 0.0569. The van der Waals surface area contributed by atoms with Crippen molar-refractivity contribution < 1.29 is 4.74 Å². The van der Waals surface area contributed by atoms with Gasteiger partial charge in [-0.05, 0) is 37.5 Å². The predicted octanol–water partition coefficient (Wildman–Crippen LogP) is 3.50. The minimum Gasteiger partial charge on any atom is -0.377 e. The van der Waals surface area contributed by atoms with E-state index in [1.165, 1.54) is 51.4 Å². The Labute approximate surface area is 107 Å². The Hall–Kier alpha value is -0.0800. The molecule has 0 bridgehead atoms. The van der Waals surface area contributed by atoms with Crippen LogP contribution in [0.15, 0.2) is 0 Å². The molecule has 2 aliphatic carbocycles. The van der Waals surface area contributed by atoms with Crippen molar-refractivity contribution in [3.05, 3.63) is 0 Å². The first-order chi connectivity index (χ1) is 8.16. The Kier molecular flexibility index (Phi) is 4.87. The van der Waals surface area contributed by atoms with Crippen molar-refractivity contribution in [1.82, 2.24) is 5.32 Å². The van der Waals surface area contributed by atoms with Gasteiger partial charge < -0.3 is 10.1 Å². The summed E-state index contributed by atoms with van der Waals surface area (Å²) in [6, 6.07) is 0.728. The highest BCUT2D eigenvalue weighted by Crippen LogP contribution is 2.34. The molecule has 2 fully saturated rings. The predicted molar refractivity (Wildman–Crippen MR) is 72.2 cm³/mol. The molecule has 0 aliphatic heterocycles. The molecule has 0 saturated heterocycles. The average Bonchev–Trinajstić information content (AvgIpc) is 2.76. The van der Waals surface area contributed by atoms with Crippen LogP contribution in [0.25, 0.3) is 0 Å². The number of hydrogen-bond donors (Lipinski definition) is 1. The van der Waals surface area contributed by atoms with Gasteiger partial charge in [-0.1, -0.05) is 33.1 Å². The molecule has 0 aromatic rings. The summed E-state index contributed by atoms with van der Waals surface area (Å²) in [6.45, 7) is 6.74. The number of ether oxygens (including phenoxy) is 1. The molecular weight excluding hydrogens is 210 g/mol. The highest BCUT2D eigenvalue weighted by atomic mass is 16.5. The van der Waals surface area contributed by atoms with Gasteiger partial charge in [-0.2, -0.15) is 0 Å². The highest BCUT2D eigenvalue weighted by Gasteiger charge is 2.27. The lowest BCUT2D eigenvalue weighted by Gasteiger charge is -2.35. The van der Waals surface area contributed by atoms with Crippen molar-refractivity contribution in [2.24, 2.45) is 5.41 Å². The van der Waals surface area contributed by atoms with Gasteiger partial charge in [0, 0.05) is 12.6 Å². The van der Waals surface area contributed by atoms with Crippen LogP contribution in [0, 0.1) is 5.41 Å². The molecule has 2 nitrogen and oxygen atoms in total. The molecule has 1 N–H and O–H groups in total. The molecule has 0 heterocycles. The van der Waals surface area contributed by atoms with E-state index >= 15 is 0 Å². The molecule has 0 spiro atoms. The van der Waals surface area contributed by atoms with Crippen molar-refractivity contribution in [3.63, 3.8) is 0 Å². The van der Waals surface area contributed by atoms with Crippen molar-refractivity contribution in [2.45, 2.75) is 77.4 Å². The summed E-state index contributed by atoms with van der Waals surface area (Å²) in [5.41, 5.74) is 0.544. The fourth-order valence-electron chi connectivity index (χ4n) is 3.42. The molecule has 0 aromatic carbocycles. The van der Waals surface area contributed by atoms with Crippen LogP contribution < -0.4 is 5.32 Å². The third-order valence-electron chi connectivity index (χ3n) is 4.40. The SMILES string of the molecule is CC1(C)CCCC(NCCOC2CCCC2)C1. The first-order valence-electron chi connectivity index (χ1n) is 7.51. The Morgan fingerprint density at radius 3 is 2.59 bits per heavy atom. The van der Waals surface area contributed by atoms with Crippen LogP contribution in [0.4, 0.5) is 0 Å². The van der Waals surface area contributed by atoms with Crippen LogP contribution in [-0.2, 0) is 4.74 Å². The maximum absolute atomic E-state index is 5.88. The van der Waals surface area contributed by atoms with Gasteiger partial charge in [-0.25, -0.2) is 0 Å². The van der Waals surface area contributed by atoms with Crippen molar-refractivity contribution in [2.75, 3.05) is 13.2 Å². The van der Waals surface area contributed by atoms with E-state index in [2.05, 4.69) is 19.2 Å². The largest absolute Gasteiger partial charge is 0.377 e. The number of hydrogen-bond acceptors (Lipinski definition) is 2. The zero-order chi connectivity index (χ0) is 12.1.